The lowest BCUT2D eigenvalue weighted by Crippen LogP contribution is -2.37. The summed E-state index contributed by atoms with van der Waals surface area (Å²) in [5.74, 6) is 1.97. The minimum Gasteiger partial charge on any atom is -0.457 e. The molecule has 0 radical (unpaired) electrons. The van der Waals surface area contributed by atoms with Crippen molar-refractivity contribution in [1.82, 2.24) is 4.90 Å². The molecule has 0 aliphatic carbocycles. The van der Waals surface area contributed by atoms with Crippen molar-refractivity contribution < 1.29 is 14.3 Å². The Balaban J connectivity index is 1.66. The van der Waals surface area contributed by atoms with Crippen LogP contribution in [0.2, 0.25) is 0 Å². The molecule has 2 aromatic rings. The molecule has 0 saturated carbocycles. The van der Waals surface area contributed by atoms with Gasteiger partial charge in [0.1, 0.15) is 17.8 Å². The molecule has 0 spiro atoms. The second kappa shape index (κ2) is 8.17. The maximum atomic E-state index is 12.5. The highest BCUT2D eigenvalue weighted by atomic mass is 16.5. The van der Waals surface area contributed by atoms with Crippen molar-refractivity contribution in [2.45, 2.75) is 45.1 Å². The number of rotatable bonds is 6. The van der Waals surface area contributed by atoms with Crippen LogP contribution in [0.4, 0.5) is 0 Å². The first-order chi connectivity index (χ1) is 12.6. The summed E-state index contributed by atoms with van der Waals surface area (Å²) in [7, 11) is 0. The Bertz CT molecular complexity index is 767. The van der Waals surface area contributed by atoms with Gasteiger partial charge in [0.25, 0.3) is 0 Å². The Morgan fingerprint density at radius 3 is 2.65 bits per heavy atom. The molecular formula is C22H25NO3. The highest BCUT2D eigenvalue weighted by molar-refractivity contribution is 5.82. The summed E-state index contributed by atoms with van der Waals surface area (Å²) in [5.41, 5.74) is 2.16. The summed E-state index contributed by atoms with van der Waals surface area (Å²) in [6.07, 6.45) is 2.83. The molecule has 0 N–H and O–H groups in total. The van der Waals surface area contributed by atoms with Gasteiger partial charge in [0, 0.05) is 6.54 Å². The Hall–Kier alpha value is -2.62. The van der Waals surface area contributed by atoms with Gasteiger partial charge in [0.2, 0.25) is 5.91 Å². The van der Waals surface area contributed by atoms with E-state index in [4.69, 9.17) is 4.74 Å². The van der Waals surface area contributed by atoms with Gasteiger partial charge in [-0.3, -0.25) is 4.79 Å². The van der Waals surface area contributed by atoms with Gasteiger partial charge >= 0.3 is 0 Å². The van der Waals surface area contributed by atoms with Gasteiger partial charge in [-0.2, -0.15) is 0 Å². The monoisotopic (exact) mass is 351 g/mol. The van der Waals surface area contributed by atoms with E-state index in [1.807, 2.05) is 36.4 Å². The molecule has 0 aromatic heterocycles. The van der Waals surface area contributed by atoms with Crippen molar-refractivity contribution in [1.29, 1.82) is 0 Å². The third-order valence-corrected chi connectivity index (χ3v) is 4.81. The molecule has 26 heavy (non-hydrogen) atoms. The molecular weight excluding hydrogens is 326 g/mol. The van der Waals surface area contributed by atoms with Crippen molar-refractivity contribution in [3.63, 3.8) is 0 Å². The first-order valence-corrected chi connectivity index (χ1v) is 9.18. The molecule has 3 rings (SSSR count). The molecule has 1 amide bonds. The predicted molar refractivity (Wildman–Crippen MR) is 102 cm³/mol. The Morgan fingerprint density at radius 2 is 1.96 bits per heavy atom. The molecule has 1 atom stereocenters. The summed E-state index contributed by atoms with van der Waals surface area (Å²) >= 11 is 0. The Kier molecular flexibility index (Phi) is 5.71. The van der Waals surface area contributed by atoms with E-state index in [9.17, 15) is 9.59 Å². The summed E-state index contributed by atoms with van der Waals surface area (Å²) in [6.45, 7) is 4.98. The van der Waals surface area contributed by atoms with Crippen LogP contribution in [0.25, 0.3) is 0 Å². The molecule has 136 valence electrons. The molecule has 0 bridgehead atoms. The SMILES string of the molecule is CC(C)c1ccc(Oc2cccc(CC(=O)N3CCCC3C=O)c2)cc1. The van der Waals surface area contributed by atoms with Gasteiger partial charge in [-0.15, -0.1) is 0 Å². The maximum absolute atomic E-state index is 12.5. The average Bonchev–Trinajstić information content (AvgIpc) is 3.11. The first-order valence-electron chi connectivity index (χ1n) is 9.18. The minimum absolute atomic E-state index is 0.00182. The number of carbonyl (C=O) groups is 2. The number of carbonyl (C=O) groups excluding carboxylic acids is 2. The largest absolute Gasteiger partial charge is 0.457 e. The van der Waals surface area contributed by atoms with Gasteiger partial charge in [-0.1, -0.05) is 38.1 Å². The number of amides is 1. The third-order valence-electron chi connectivity index (χ3n) is 4.81. The fourth-order valence-electron chi connectivity index (χ4n) is 3.30. The number of ether oxygens (including phenoxy) is 1. The fraction of sp³-hybridized carbons (Fsp3) is 0.364. The molecule has 1 saturated heterocycles. The summed E-state index contributed by atoms with van der Waals surface area (Å²) in [4.78, 5) is 25.3. The normalized spacial score (nSPS) is 16.7. The highest BCUT2D eigenvalue weighted by Crippen LogP contribution is 2.25. The van der Waals surface area contributed by atoms with Crippen molar-refractivity contribution in [2.24, 2.45) is 0 Å². The van der Waals surface area contributed by atoms with Crippen molar-refractivity contribution in [3.05, 3.63) is 59.7 Å². The number of nitrogens with zero attached hydrogens (tertiary/aromatic N) is 1. The van der Waals surface area contributed by atoms with Crippen LogP contribution in [0.1, 0.15) is 43.7 Å². The summed E-state index contributed by atoms with van der Waals surface area (Å²) in [6, 6.07) is 15.4. The van der Waals surface area contributed by atoms with E-state index in [2.05, 4.69) is 26.0 Å². The number of aldehydes is 1. The predicted octanol–water partition coefficient (Wildman–Crippen LogP) is 4.33. The molecule has 1 aliphatic heterocycles. The lowest BCUT2D eigenvalue weighted by Gasteiger charge is -2.20. The zero-order valence-corrected chi connectivity index (χ0v) is 15.4. The van der Waals surface area contributed by atoms with E-state index < -0.39 is 0 Å². The maximum Gasteiger partial charge on any atom is 0.227 e. The van der Waals surface area contributed by atoms with E-state index >= 15 is 0 Å². The topological polar surface area (TPSA) is 46.6 Å². The van der Waals surface area contributed by atoms with Crippen LogP contribution in [-0.2, 0) is 16.0 Å². The molecule has 1 fully saturated rings. The molecule has 1 heterocycles. The fourth-order valence-corrected chi connectivity index (χ4v) is 3.30. The van der Waals surface area contributed by atoms with Crippen molar-refractivity contribution >= 4 is 12.2 Å². The number of hydrogen-bond acceptors (Lipinski definition) is 3. The van der Waals surface area contributed by atoms with E-state index in [0.29, 0.717) is 18.2 Å². The average molecular weight is 351 g/mol. The zero-order valence-electron chi connectivity index (χ0n) is 15.4. The van der Waals surface area contributed by atoms with Gasteiger partial charge < -0.3 is 14.4 Å². The standard InChI is InChI=1S/C22H25NO3/c1-16(2)18-8-10-20(11-9-18)26-21-7-3-5-17(13-21)14-22(25)23-12-4-6-19(23)15-24/h3,5,7-11,13,15-16,19H,4,6,12,14H2,1-2H3. The van der Waals surface area contributed by atoms with Gasteiger partial charge in [0.05, 0.1) is 12.5 Å². The molecule has 1 aliphatic rings. The van der Waals surface area contributed by atoms with E-state index in [0.717, 1.165) is 30.4 Å². The zero-order chi connectivity index (χ0) is 18.5. The second-order valence-electron chi connectivity index (χ2n) is 7.08. The number of likely N-dealkylation sites (tertiary alicyclic amines) is 1. The van der Waals surface area contributed by atoms with E-state index in [1.54, 1.807) is 4.90 Å². The smallest absolute Gasteiger partial charge is 0.227 e. The van der Waals surface area contributed by atoms with Crippen molar-refractivity contribution in [2.75, 3.05) is 6.54 Å². The quantitative estimate of drug-likeness (QED) is 0.728. The van der Waals surface area contributed by atoms with Crippen molar-refractivity contribution in [3.8, 4) is 11.5 Å². The minimum atomic E-state index is -0.263. The number of benzene rings is 2. The van der Waals surface area contributed by atoms with Crippen LogP contribution < -0.4 is 4.74 Å². The van der Waals surface area contributed by atoms with Gasteiger partial charge in [-0.05, 0) is 54.2 Å². The highest BCUT2D eigenvalue weighted by Gasteiger charge is 2.27. The Morgan fingerprint density at radius 1 is 1.19 bits per heavy atom. The van der Waals surface area contributed by atoms with Crippen LogP contribution in [0.3, 0.4) is 0 Å². The first kappa shape index (κ1) is 18.2. The Labute approximate surface area is 154 Å². The third kappa shape index (κ3) is 4.31. The molecule has 4 nitrogen and oxygen atoms in total. The lowest BCUT2D eigenvalue weighted by atomic mass is 10.0. The summed E-state index contributed by atoms with van der Waals surface area (Å²) in [5, 5.41) is 0. The summed E-state index contributed by atoms with van der Waals surface area (Å²) < 4.78 is 5.92. The lowest BCUT2D eigenvalue weighted by molar-refractivity contribution is -0.133. The van der Waals surface area contributed by atoms with E-state index in [1.165, 1.54) is 5.56 Å². The van der Waals surface area contributed by atoms with Crippen LogP contribution in [0.5, 0.6) is 11.5 Å². The van der Waals surface area contributed by atoms with Gasteiger partial charge in [-0.25, -0.2) is 0 Å². The molecule has 2 aromatic carbocycles. The van der Waals surface area contributed by atoms with Crippen LogP contribution in [-0.4, -0.2) is 29.7 Å². The second-order valence-corrected chi connectivity index (χ2v) is 7.08. The molecule has 1 unspecified atom stereocenters. The van der Waals surface area contributed by atoms with Crippen LogP contribution in [0.15, 0.2) is 48.5 Å². The van der Waals surface area contributed by atoms with E-state index in [-0.39, 0.29) is 18.4 Å². The van der Waals surface area contributed by atoms with Crippen LogP contribution in [0, 0.1) is 0 Å². The molecule has 4 heteroatoms. The van der Waals surface area contributed by atoms with Gasteiger partial charge in [0.15, 0.2) is 0 Å². The van der Waals surface area contributed by atoms with Crippen LogP contribution >= 0.6 is 0 Å². The number of hydrogen-bond donors (Lipinski definition) is 0.